The van der Waals surface area contributed by atoms with Gasteiger partial charge in [-0.05, 0) is 24.3 Å². The van der Waals surface area contributed by atoms with Crippen LogP contribution < -0.4 is 4.18 Å². The zero-order valence-corrected chi connectivity index (χ0v) is 11.1. The normalized spacial score (nSPS) is 12.5. The van der Waals surface area contributed by atoms with Gasteiger partial charge >= 0.3 is 15.6 Å². The van der Waals surface area contributed by atoms with Crippen LogP contribution in [0.25, 0.3) is 0 Å². The van der Waals surface area contributed by atoms with Crippen molar-refractivity contribution in [2.75, 3.05) is 0 Å². The largest absolute Gasteiger partial charge is 0.534 e. The van der Waals surface area contributed by atoms with Gasteiger partial charge in [0.2, 0.25) is 0 Å². The molecule has 0 aromatic heterocycles. The highest BCUT2D eigenvalue weighted by atomic mass is 32.2. The van der Waals surface area contributed by atoms with Gasteiger partial charge in [0.15, 0.2) is 0 Å². The summed E-state index contributed by atoms with van der Waals surface area (Å²) in [5.41, 5.74) is -5.45. The van der Waals surface area contributed by atoms with E-state index in [4.69, 9.17) is 7.85 Å². The number of hydrogen-bond acceptors (Lipinski definition) is 4. The number of hydrogen-bond donors (Lipinski definition) is 1. The van der Waals surface area contributed by atoms with Gasteiger partial charge in [-0.2, -0.15) is 21.6 Å². The number of para-hydroxylation sites is 2. The van der Waals surface area contributed by atoms with Crippen molar-refractivity contribution in [3.05, 3.63) is 60.6 Å². The Hall–Kier alpha value is -2.22. The van der Waals surface area contributed by atoms with Crippen LogP contribution in [0.5, 0.6) is 11.5 Å². The summed E-state index contributed by atoms with van der Waals surface area (Å²) in [6, 6.07) is 10.7. The maximum atomic E-state index is 11.8. The molecular formula is C13H11F3O4S. The smallest absolute Gasteiger partial charge is 0.508 e. The highest BCUT2D eigenvalue weighted by Crippen LogP contribution is 2.26. The topological polar surface area (TPSA) is 63.6 Å². The van der Waals surface area contributed by atoms with Gasteiger partial charge in [0.1, 0.15) is 11.5 Å². The molecule has 2 rings (SSSR count). The molecule has 0 fully saturated rings. The maximum Gasteiger partial charge on any atom is 0.534 e. The van der Waals surface area contributed by atoms with Gasteiger partial charge in [-0.1, -0.05) is 36.4 Å². The number of rotatable bonds is 2. The van der Waals surface area contributed by atoms with E-state index in [-0.39, 0.29) is 11.8 Å². The fourth-order valence-corrected chi connectivity index (χ4v) is 1.44. The molecule has 0 saturated heterocycles. The Kier molecular flexibility index (Phi) is 4.57. The van der Waals surface area contributed by atoms with E-state index in [0.717, 1.165) is 24.3 Å². The van der Waals surface area contributed by atoms with Crippen LogP contribution in [-0.4, -0.2) is 19.0 Å². The standard InChI is InChI=1S/C7H5F3O3S.C6H6O/c8-7(9,10)14(11,12)13-6-4-2-1-3-5-6;7-6-4-2-1-3-5-6/h1-5H;1-5,7H/i2*1D. The number of alkyl halides is 3. The fourth-order valence-electron chi connectivity index (χ4n) is 0.979. The van der Waals surface area contributed by atoms with Gasteiger partial charge < -0.3 is 9.29 Å². The second kappa shape index (κ2) is 6.98. The molecule has 0 saturated carbocycles. The molecule has 4 nitrogen and oxygen atoms in total. The lowest BCUT2D eigenvalue weighted by molar-refractivity contribution is -0.0500. The van der Waals surface area contributed by atoms with Crippen LogP contribution in [0.3, 0.4) is 0 Å². The van der Waals surface area contributed by atoms with Crippen LogP contribution in [0.15, 0.2) is 60.6 Å². The van der Waals surface area contributed by atoms with E-state index in [0.29, 0.717) is 6.04 Å². The first-order valence-corrected chi connectivity index (χ1v) is 6.75. The van der Waals surface area contributed by atoms with E-state index in [1.54, 1.807) is 0 Å². The second-order valence-electron chi connectivity index (χ2n) is 3.48. The zero-order valence-electron chi connectivity index (χ0n) is 12.3. The first-order chi connectivity index (χ1) is 10.5. The second-order valence-corrected chi connectivity index (χ2v) is 5.01. The molecule has 114 valence electrons. The lowest BCUT2D eigenvalue weighted by Crippen LogP contribution is -2.27. The third kappa shape index (κ3) is 5.74. The molecule has 2 aromatic carbocycles. The molecule has 0 heterocycles. The van der Waals surface area contributed by atoms with Crippen molar-refractivity contribution >= 4 is 10.1 Å². The quantitative estimate of drug-likeness (QED) is 0.680. The van der Waals surface area contributed by atoms with E-state index >= 15 is 0 Å². The van der Waals surface area contributed by atoms with Crippen molar-refractivity contribution in [1.82, 2.24) is 0 Å². The molecule has 0 atom stereocenters. The molecule has 0 radical (unpaired) electrons. The Morgan fingerprint density at radius 3 is 1.81 bits per heavy atom. The van der Waals surface area contributed by atoms with Crippen LogP contribution in [-0.2, 0) is 10.1 Å². The molecule has 0 amide bonds. The van der Waals surface area contributed by atoms with Crippen molar-refractivity contribution < 1.29 is 33.6 Å². The molecule has 21 heavy (non-hydrogen) atoms. The Morgan fingerprint density at radius 1 is 1.00 bits per heavy atom. The molecule has 8 heteroatoms. The monoisotopic (exact) mass is 322 g/mol. The van der Waals surface area contributed by atoms with Crippen LogP contribution >= 0.6 is 0 Å². The minimum absolute atomic E-state index is 0.0340. The summed E-state index contributed by atoms with van der Waals surface area (Å²) in [7, 11) is -5.62. The zero-order chi connectivity index (χ0) is 17.7. The Morgan fingerprint density at radius 2 is 1.43 bits per heavy atom. The molecule has 0 aliphatic heterocycles. The van der Waals surface area contributed by atoms with Gasteiger partial charge in [0.05, 0.1) is 2.74 Å². The van der Waals surface area contributed by atoms with E-state index in [1.165, 1.54) is 24.3 Å². The highest BCUT2D eigenvalue weighted by Gasteiger charge is 2.48. The highest BCUT2D eigenvalue weighted by molar-refractivity contribution is 7.87. The maximum absolute atomic E-state index is 11.8. The Balaban J connectivity index is 0.000000277. The van der Waals surface area contributed by atoms with Crippen molar-refractivity contribution in [2.45, 2.75) is 5.51 Å². The van der Waals surface area contributed by atoms with Crippen LogP contribution in [0, 0.1) is 0 Å². The summed E-state index contributed by atoms with van der Waals surface area (Å²) >= 11 is 0. The van der Waals surface area contributed by atoms with Gasteiger partial charge in [-0.25, -0.2) is 0 Å². The number of halogens is 3. The summed E-state index contributed by atoms with van der Waals surface area (Å²) in [4.78, 5) is 0. The third-order valence-corrected chi connectivity index (χ3v) is 2.86. The predicted molar refractivity (Wildman–Crippen MR) is 70.2 cm³/mol. The Labute approximate surface area is 122 Å². The lowest BCUT2D eigenvalue weighted by Gasteiger charge is -2.08. The number of phenolic OH excluding ortho intramolecular Hbond substituents is 1. The third-order valence-electron chi connectivity index (χ3n) is 1.88. The van der Waals surface area contributed by atoms with Crippen molar-refractivity contribution in [2.24, 2.45) is 0 Å². The summed E-state index contributed by atoms with van der Waals surface area (Å²) in [6.45, 7) is 0. The molecule has 0 aliphatic rings. The minimum atomic E-state index is -5.62. The first-order valence-electron chi connectivity index (χ1n) is 6.34. The minimum Gasteiger partial charge on any atom is -0.508 e. The van der Waals surface area contributed by atoms with Crippen LogP contribution in [0.1, 0.15) is 2.74 Å². The van der Waals surface area contributed by atoms with Crippen molar-refractivity contribution in [3.8, 4) is 11.5 Å². The average Bonchev–Trinajstić information content (AvgIpc) is 2.44. The number of aromatic hydroxyl groups is 1. The average molecular weight is 322 g/mol. The molecular weight excluding hydrogens is 309 g/mol. The molecule has 0 spiro atoms. The lowest BCUT2D eigenvalue weighted by atomic mass is 10.3. The van der Waals surface area contributed by atoms with E-state index in [2.05, 4.69) is 4.18 Å². The summed E-state index contributed by atoms with van der Waals surface area (Å²) in [5, 5.41) is 8.67. The first kappa shape index (κ1) is 13.7. The molecule has 0 aliphatic carbocycles. The molecule has 0 bridgehead atoms. The molecule has 0 unspecified atom stereocenters. The van der Waals surface area contributed by atoms with E-state index in [9.17, 15) is 21.6 Å². The summed E-state index contributed by atoms with van der Waals surface area (Å²) in [5.74, 6) is -0.274. The molecule has 2 aromatic rings. The Bertz CT molecular complexity index is 708. The summed E-state index contributed by atoms with van der Waals surface area (Å²) in [6.07, 6.45) is 0. The SMILES string of the molecule is [2H]c1ccc(O)cc1.[2H]c1ccc(OS(=O)(=O)C(F)(F)F)cc1. The van der Waals surface area contributed by atoms with Crippen molar-refractivity contribution in [1.29, 1.82) is 0 Å². The van der Waals surface area contributed by atoms with Gasteiger partial charge in [-0.15, -0.1) is 0 Å². The van der Waals surface area contributed by atoms with Gasteiger partial charge in [0, 0.05) is 0 Å². The molecule has 1 N–H and O–H groups in total. The van der Waals surface area contributed by atoms with E-state index in [1.807, 2.05) is 0 Å². The number of phenols is 1. The number of benzene rings is 2. The fraction of sp³-hybridized carbons (Fsp3) is 0.0769. The summed E-state index contributed by atoms with van der Waals surface area (Å²) < 4.78 is 74.4. The van der Waals surface area contributed by atoms with Gasteiger partial charge in [-0.3, -0.25) is 0 Å². The predicted octanol–water partition coefficient (Wildman–Crippen LogP) is 3.31. The van der Waals surface area contributed by atoms with Crippen LogP contribution in [0.2, 0.25) is 0 Å². The van der Waals surface area contributed by atoms with Gasteiger partial charge in [0.25, 0.3) is 0 Å². The van der Waals surface area contributed by atoms with E-state index < -0.39 is 21.4 Å². The van der Waals surface area contributed by atoms with Crippen LogP contribution in [0.4, 0.5) is 13.2 Å². The van der Waals surface area contributed by atoms with Crippen molar-refractivity contribution in [3.63, 3.8) is 0 Å².